The van der Waals surface area contributed by atoms with Crippen LogP contribution in [0.15, 0.2) is 18.2 Å². The van der Waals surface area contributed by atoms with Crippen molar-refractivity contribution in [3.05, 3.63) is 29.3 Å². The van der Waals surface area contributed by atoms with E-state index in [1.165, 1.54) is 43.2 Å². The minimum Gasteiger partial charge on any atom is -0.490 e. The molecule has 0 spiro atoms. The van der Waals surface area contributed by atoms with Crippen molar-refractivity contribution >= 4 is 0 Å². The fourth-order valence-electron chi connectivity index (χ4n) is 2.63. The van der Waals surface area contributed by atoms with Crippen LogP contribution in [-0.2, 0) is 12.8 Å². The molecule has 0 saturated heterocycles. The summed E-state index contributed by atoms with van der Waals surface area (Å²) < 4.78 is 6.10. The van der Waals surface area contributed by atoms with E-state index in [4.69, 9.17) is 4.74 Å². The summed E-state index contributed by atoms with van der Waals surface area (Å²) in [5.41, 5.74) is 2.84. The Bertz CT molecular complexity index is 351. The van der Waals surface area contributed by atoms with Crippen LogP contribution >= 0.6 is 0 Å². The molecule has 0 unspecified atom stereocenters. The van der Waals surface area contributed by atoms with Gasteiger partial charge in [-0.2, -0.15) is 0 Å². The average molecular weight is 232 g/mol. The van der Waals surface area contributed by atoms with Crippen LogP contribution in [0.25, 0.3) is 0 Å². The van der Waals surface area contributed by atoms with Crippen LogP contribution < -0.4 is 4.74 Å². The van der Waals surface area contributed by atoms with Gasteiger partial charge in [0.15, 0.2) is 0 Å². The first-order chi connectivity index (χ1) is 8.31. The van der Waals surface area contributed by atoms with Crippen molar-refractivity contribution in [3.8, 4) is 5.75 Å². The maximum atomic E-state index is 6.10. The first-order valence-electron chi connectivity index (χ1n) is 7.11. The highest BCUT2D eigenvalue weighted by molar-refractivity contribution is 5.35. The normalized spacial score (nSPS) is 16.4. The van der Waals surface area contributed by atoms with Gasteiger partial charge >= 0.3 is 0 Å². The Balaban J connectivity index is 2.10. The molecule has 17 heavy (non-hydrogen) atoms. The summed E-state index contributed by atoms with van der Waals surface area (Å²) in [5, 5.41) is 0. The van der Waals surface area contributed by atoms with Crippen molar-refractivity contribution in [2.45, 2.75) is 64.9 Å². The second kappa shape index (κ2) is 6.09. The molecule has 94 valence electrons. The molecule has 0 N–H and O–H groups in total. The van der Waals surface area contributed by atoms with E-state index in [-0.39, 0.29) is 0 Å². The molecule has 0 aliphatic heterocycles. The molecule has 1 aromatic rings. The standard InChI is InChI=1S/C16H24O/c1-3-7-14-10-13(4-2)11-16(12-14)17-15-8-5-6-9-15/h10-12,15H,3-9H2,1-2H3. The quantitative estimate of drug-likeness (QED) is 0.725. The fourth-order valence-corrected chi connectivity index (χ4v) is 2.63. The first kappa shape index (κ1) is 12.5. The summed E-state index contributed by atoms with van der Waals surface area (Å²) >= 11 is 0. The fraction of sp³-hybridized carbons (Fsp3) is 0.625. The third-order valence-electron chi connectivity index (χ3n) is 3.58. The molecule has 0 heterocycles. The van der Waals surface area contributed by atoms with Crippen LogP contribution in [-0.4, -0.2) is 6.10 Å². The van der Waals surface area contributed by atoms with Crippen molar-refractivity contribution in [1.82, 2.24) is 0 Å². The number of hydrogen-bond donors (Lipinski definition) is 0. The molecular formula is C16H24O. The van der Waals surface area contributed by atoms with E-state index in [1.54, 1.807) is 0 Å². The van der Waals surface area contributed by atoms with Crippen molar-refractivity contribution < 1.29 is 4.74 Å². The number of benzene rings is 1. The van der Waals surface area contributed by atoms with E-state index >= 15 is 0 Å². The lowest BCUT2D eigenvalue weighted by atomic mass is 10.0. The van der Waals surface area contributed by atoms with Gasteiger partial charge in [0.1, 0.15) is 5.75 Å². The van der Waals surface area contributed by atoms with E-state index in [1.807, 2.05) is 0 Å². The first-order valence-corrected chi connectivity index (χ1v) is 7.11. The Morgan fingerprint density at radius 1 is 1.06 bits per heavy atom. The highest BCUT2D eigenvalue weighted by Gasteiger charge is 2.16. The van der Waals surface area contributed by atoms with E-state index in [0.29, 0.717) is 6.10 Å². The molecule has 0 atom stereocenters. The van der Waals surface area contributed by atoms with Crippen LogP contribution in [0.4, 0.5) is 0 Å². The second-order valence-corrected chi connectivity index (χ2v) is 5.11. The minimum absolute atomic E-state index is 0.469. The molecule has 0 aromatic heterocycles. The number of rotatable bonds is 5. The third kappa shape index (κ3) is 3.49. The van der Waals surface area contributed by atoms with Gasteiger partial charge in [0.2, 0.25) is 0 Å². The molecule has 1 aromatic carbocycles. The van der Waals surface area contributed by atoms with Crippen molar-refractivity contribution in [2.24, 2.45) is 0 Å². The van der Waals surface area contributed by atoms with Gasteiger partial charge in [-0.3, -0.25) is 0 Å². The van der Waals surface area contributed by atoms with Crippen LogP contribution in [0, 0.1) is 0 Å². The molecule has 1 aliphatic rings. The number of ether oxygens (including phenoxy) is 1. The van der Waals surface area contributed by atoms with E-state index in [2.05, 4.69) is 32.0 Å². The summed E-state index contributed by atoms with van der Waals surface area (Å²) in [7, 11) is 0. The Morgan fingerprint density at radius 3 is 2.41 bits per heavy atom. The van der Waals surface area contributed by atoms with Crippen LogP contribution in [0.2, 0.25) is 0 Å². The van der Waals surface area contributed by atoms with E-state index in [9.17, 15) is 0 Å². The molecule has 1 nitrogen and oxygen atoms in total. The lowest BCUT2D eigenvalue weighted by molar-refractivity contribution is 0.209. The average Bonchev–Trinajstić information content (AvgIpc) is 2.82. The largest absolute Gasteiger partial charge is 0.490 e. The van der Waals surface area contributed by atoms with Crippen LogP contribution in [0.3, 0.4) is 0 Å². The lowest BCUT2D eigenvalue weighted by Gasteiger charge is -2.15. The summed E-state index contributed by atoms with van der Waals surface area (Å²) in [6.07, 6.45) is 9.07. The van der Waals surface area contributed by atoms with Gasteiger partial charge in [0.05, 0.1) is 6.10 Å². The van der Waals surface area contributed by atoms with Gasteiger partial charge in [0, 0.05) is 0 Å². The molecule has 0 amide bonds. The summed E-state index contributed by atoms with van der Waals surface area (Å²) in [5.74, 6) is 1.10. The van der Waals surface area contributed by atoms with Gasteiger partial charge < -0.3 is 4.74 Å². The Morgan fingerprint density at radius 2 is 1.76 bits per heavy atom. The molecule has 0 bridgehead atoms. The molecule has 1 saturated carbocycles. The molecule has 1 fully saturated rings. The zero-order chi connectivity index (χ0) is 12.1. The van der Waals surface area contributed by atoms with Crippen molar-refractivity contribution in [2.75, 3.05) is 0 Å². The molecule has 2 rings (SSSR count). The van der Waals surface area contributed by atoms with Gasteiger partial charge in [-0.25, -0.2) is 0 Å². The SMILES string of the molecule is CCCc1cc(CC)cc(OC2CCCC2)c1. The predicted octanol–water partition coefficient (Wildman–Crippen LogP) is 4.52. The van der Waals surface area contributed by atoms with Crippen molar-refractivity contribution in [3.63, 3.8) is 0 Å². The molecule has 1 heteroatoms. The monoisotopic (exact) mass is 232 g/mol. The maximum Gasteiger partial charge on any atom is 0.120 e. The Kier molecular flexibility index (Phi) is 4.47. The third-order valence-corrected chi connectivity index (χ3v) is 3.58. The van der Waals surface area contributed by atoms with Gasteiger partial charge in [-0.1, -0.05) is 26.3 Å². The predicted molar refractivity (Wildman–Crippen MR) is 72.7 cm³/mol. The van der Waals surface area contributed by atoms with Gasteiger partial charge in [-0.15, -0.1) is 0 Å². The van der Waals surface area contributed by atoms with Crippen LogP contribution in [0.5, 0.6) is 5.75 Å². The zero-order valence-corrected chi connectivity index (χ0v) is 11.2. The van der Waals surface area contributed by atoms with E-state index < -0.39 is 0 Å². The van der Waals surface area contributed by atoms with Crippen LogP contribution in [0.1, 0.15) is 57.1 Å². The Hall–Kier alpha value is -0.980. The van der Waals surface area contributed by atoms with Gasteiger partial charge in [0.25, 0.3) is 0 Å². The summed E-state index contributed by atoms with van der Waals surface area (Å²) in [6.45, 7) is 4.44. The zero-order valence-electron chi connectivity index (χ0n) is 11.2. The van der Waals surface area contributed by atoms with Crippen molar-refractivity contribution in [1.29, 1.82) is 0 Å². The molecule has 0 radical (unpaired) electrons. The van der Waals surface area contributed by atoms with Gasteiger partial charge in [-0.05, 0) is 61.8 Å². The van der Waals surface area contributed by atoms with E-state index in [0.717, 1.165) is 18.6 Å². The lowest BCUT2D eigenvalue weighted by Crippen LogP contribution is -2.11. The topological polar surface area (TPSA) is 9.23 Å². The molecule has 1 aliphatic carbocycles. The number of hydrogen-bond acceptors (Lipinski definition) is 1. The smallest absolute Gasteiger partial charge is 0.120 e. The highest BCUT2D eigenvalue weighted by atomic mass is 16.5. The number of aryl methyl sites for hydroxylation is 2. The minimum atomic E-state index is 0.469. The second-order valence-electron chi connectivity index (χ2n) is 5.11. The highest BCUT2D eigenvalue weighted by Crippen LogP contribution is 2.26. The molecular weight excluding hydrogens is 208 g/mol. The summed E-state index contributed by atoms with van der Waals surface area (Å²) in [4.78, 5) is 0. The Labute approximate surface area is 105 Å². The summed E-state index contributed by atoms with van der Waals surface area (Å²) in [6, 6.07) is 6.78. The maximum absolute atomic E-state index is 6.10.